The maximum absolute atomic E-state index is 11.7. The molecule has 0 saturated heterocycles. The number of hydrogen-bond donors (Lipinski definition) is 0. The molecular weight excluding hydrogens is 334 g/mol. The van der Waals surface area contributed by atoms with E-state index in [9.17, 15) is 4.79 Å². The number of ether oxygens (including phenoxy) is 1. The second-order valence-electron chi connectivity index (χ2n) is 3.46. The molecule has 0 atom stereocenters. The fraction of sp³-hybridized carbons (Fsp3) is 0.182. The quantitative estimate of drug-likeness (QED) is 0.600. The summed E-state index contributed by atoms with van der Waals surface area (Å²) in [4.78, 5) is 11.7. The Hall–Kier alpha value is -0.810. The minimum Gasteiger partial charge on any atom is -0.461 e. The van der Waals surface area contributed by atoms with Gasteiger partial charge in [0.15, 0.2) is 5.69 Å². The van der Waals surface area contributed by atoms with Crippen LogP contribution in [0.5, 0.6) is 0 Å². The third-order valence-corrected chi connectivity index (χ3v) is 3.74. The maximum atomic E-state index is 11.7. The molecule has 0 spiro atoms. The number of nitrogens with zero attached hydrogens (tertiary/aromatic N) is 2. The van der Waals surface area contributed by atoms with Crippen LogP contribution in [0.15, 0.2) is 6.07 Å². The lowest BCUT2D eigenvalue weighted by Gasteiger charge is -2.08. The minimum atomic E-state index is -0.677. The first kappa shape index (κ1) is 14.6. The third kappa shape index (κ3) is 2.58. The SMILES string of the molecule is CCOC(=O)c1nnc2c(Cl)c(Cl)cc(Cl)c2c1Cl. The number of rotatable bonds is 2. The van der Waals surface area contributed by atoms with Gasteiger partial charge < -0.3 is 4.74 Å². The number of halogens is 4. The molecule has 0 amide bonds. The number of hydrogen-bond acceptors (Lipinski definition) is 4. The monoisotopic (exact) mass is 338 g/mol. The number of carbonyl (C=O) groups excluding carboxylic acids is 1. The summed E-state index contributed by atoms with van der Waals surface area (Å²) >= 11 is 24.0. The Morgan fingerprint density at radius 1 is 1.16 bits per heavy atom. The molecule has 0 aliphatic rings. The lowest BCUT2D eigenvalue weighted by Crippen LogP contribution is -2.09. The average molecular weight is 340 g/mol. The van der Waals surface area contributed by atoms with E-state index in [-0.39, 0.29) is 37.9 Å². The molecule has 0 unspecified atom stereocenters. The topological polar surface area (TPSA) is 52.1 Å². The van der Waals surface area contributed by atoms with Crippen molar-refractivity contribution in [1.82, 2.24) is 10.2 Å². The third-order valence-electron chi connectivity index (χ3n) is 2.29. The molecule has 0 N–H and O–H groups in total. The molecule has 0 saturated carbocycles. The summed E-state index contributed by atoms with van der Waals surface area (Å²) in [5, 5.41) is 8.52. The van der Waals surface area contributed by atoms with Gasteiger partial charge in [0.05, 0.1) is 26.7 Å². The molecule has 19 heavy (non-hydrogen) atoms. The molecule has 2 rings (SSSR count). The molecule has 100 valence electrons. The molecule has 0 radical (unpaired) electrons. The molecular formula is C11H6Cl4N2O2. The van der Waals surface area contributed by atoms with Gasteiger partial charge in [0, 0.05) is 5.39 Å². The van der Waals surface area contributed by atoms with Crippen molar-refractivity contribution in [3.05, 3.63) is 31.9 Å². The summed E-state index contributed by atoms with van der Waals surface area (Å²) in [5.41, 5.74) is 0.119. The second kappa shape index (κ2) is 5.67. The fourth-order valence-corrected chi connectivity index (χ4v) is 2.57. The van der Waals surface area contributed by atoms with E-state index in [2.05, 4.69) is 10.2 Å². The summed E-state index contributed by atoms with van der Waals surface area (Å²) in [6, 6.07) is 1.43. The van der Waals surface area contributed by atoms with E-state index >= 15 is 0 Å². The van der Waals surface area contributed by atoms with Crippen molar-refractivity contribution in [2.24, 2.45) is 0 Å². The van der Waals surface area contributed by atoms with E-state index in [1.807, 2.05) is 0 Å². The van der Waals surface area contributed by atoms with Crippen molar-refractivity contribution in [3.63, 3.8) is 0 Å². The average Bonchev–Trinajstić information content (AvgIpc) is 2.35. The molecule has 2 aromatic rings. The van der Waals surface area contributed by atoms with Crippen molar-refractivity contribution in [2.45, 2.75) is 6.92 Å². The van der Waals surface area contributed by atoms with Gasteiger partial charge in [-0.05, 0) is 13.0 Å². The van der Waals surface area contributed by atoms with E-state index in [0.29, 0.717) is 5.39 Å². The summed E-state index contributed by atoms with van der Waals surface area (Å²) < 4.78 is 4.82. The van der Waals surface area contributed by atoms with E-state index in [1.54, 1.807) is 6.92 Å². The molecule has 0 fully saturated rings. The largest absolute Gasteiger partial charge is 0.461 e. The van der Waals surface area contributed by atoms with Crippen LogP contribution in [0.2, 0.25) is 20.1 Å². The second-order valence-corrected chi connectivity index (χ2v) is 5.03. The van der Waals surface area contributed by atoms with Crippen molar-refractivity contribution < 1.29 is 9.53 Å². The van der Waals surface area contributed by atoms with Gasteiger partial charge in [-0.3, -0.25) is 0 Å². The lowest BCUT2D eigenvalue weighted by atomic mass is 10.2. The van der Waals surface area contributed by atoms with Crippen LogP contribution in [-0.4, -0.2) is 22.8 Å². The van der Waals surface area contributed by atoms with E-state index < -0.39 is 5.97 Å². The zero-order valence-corrected chi connectivity index (χ0v) is 12.5. The number of fused-ring (bicyclic) bond motifs is 1. The highest BCUT2D eigenvalue weighted by atomic mass is 35.5. The van der Waals surface area contributed by atoms with Crippen LogP contribution in [-0.2, 0) is 4.74 Å². The Balaban J connectivity index is 2.75. The number of carbonyl (C=O) groups is 1. The number of esters is 1. The molecule has 0 aliphatic heterocycles. The van der Waals surface area contributed by atoms with Gasteiger partial charge in [-0.15, -0.1) is 10.2 Å². The Morgan fingerprint density at radius 2 is 1.84 bits per heavy atom. The Bertz CT molecular complexity index is 676. The van der Waals surface area contributed by atoms with Crippen LogP contribution in [0.4, 0.5) is 0 Å². The van der Waals surface area contributed by atoms with Crippen LogP contribution in [0.1, 0.15) is 17.4 Å². The first-order chi connectivity index (χ1) is 8.97. The standard InChI is InChI=1S/C11H6Cl4N2O2/c1-2-19-11(18)10-8(15)6-4(12)3-5(13)7(14)9(6)16-17-10/h3H,2H2,1H3. The first-order valence-corrected chi connectivity index (χ1v) is 6.65. The summed E-state index contributed by atoms with van der Waals surface area (Å²) in [5.74, 6) is -0.677. The van der Waals surface area contributed by atoms with Crippen LogP contribution < -0.4 is 0 Å². The molecule has 0 aliphatic carbocycles. The van der Waals surface area contributed by atoms with Crippen molar-refractivity contribution in [1.29, 1.82) is 0 Å². The van der Waals surface area contributed by atoms with Gasteiger partial charge in [0.1, 0.15) is 5.52 Å². The lowest BCUT2D eigenvalue weighted by molar-refractivity contribution is 0.0518. The zero-order chi connectivity index (χ0) is 14.2. The first-order valence-electron chi connectivity index (χ1n) is 5.13. The van der Waals surface area contributed by atoms with Crippen molar-refractivity contribution in [2.75, 3.05) is 6.61 Å². The molecule has 1 aromatic carbocycles. The van der Waals surface area contributed by atoms with Gasteiger partial charge in [0.2, 0.25) is 0 Å². The molecule has 0 bridgehead atoms. The number of aromatic nitrogens is 2. The normalized spacial score (nSPS) is 10.8. The Kier molecular flexibility index (Phi) is 4.36. The molecule has 1 aromatic heterocycles. The predicted octanol–water partition coefficient (Wildman–Crippen LogP) is 4.42. The van der Waals surface area contributed by atoms with Crippen molar-refractivity contribution >= 4 is 63.3 Å². The van der Waals surface area contributed by atoms with Gasteiger partial charge in [-0.25, -0.2) is 4.79 Å². The minimum absolute atomic E-state index is 0.0343. The van der Waals surface area contributed by atoms with Crippen molar-refractivity contribution in [3.8, 4) is 0 Å². The van der Waals surface area contributed by atoms with Gasteiger partial charge >= 0.3 is 5.97 Å². The maximum Gasteiger partial charge on any atom is 0.360 e. The highest BCUT2D eigenvalue weighted by Crippen LogP contribution is 2.38. The van der Waals surface area contributed by atoms with Crippen LogP contribution >= 0.6 is 46.4 Å². The predicted molar refractivity (Wildman–Crippen MR) is 75.5 cm³/mol. The van der Waals surface area contributed by atoms with Gasteiger partial charge in [0.25, 0.3) is 0 Å². The summed E-state index contributed by atoms with van der Waals surface area (Å²) in [6.07, 6.45) is 0. The van der Waals surface area contributed by atoms with E-state index in [0.717, 1.165) is 0 Å². The molecule has 8 heteroatoms. The zero-order valence-electron chi connectivity index (χ0n) is 9.51. The van der Waals surface area contributed by atoms with Crippen LogP contribution in [0.3, 0.4) is 0 Å². The Labute approximate surface area is 128 Å². The highest BCUT2D eigenvalue weighted by molar-refractivity contribution is 6.50. The number of benzene rings is 1. The summed E-state index contributed by atoms with van der Waals surface area (Å²) in [6.45, 7) is 1.87. The van der Waals surface area contributed by atoms with E-state index in [4.69, 9.17) is 51.1 Å². The fourth-order valence-electron chi connectivity index (χ4n) is 1.48. The van der Waals surface area contributed by atoms with E-state index in [1.165, 1.54) is 6.07 Å². The Morgan fingerprint density at radius 3 is 2.47 bits per heavy atom. The smallest absolute Gasteiger partial charge is 0.360 e. The van der Waals surface area contributed by atoms with Gasteiger partial charge in [-0.1, -0.05) is 46.4 Å². The van der Waals surface area contributed by atoms with Crippen LogP contribution in [0, 0.1) is 0 Å². The summed E-state index contributed by atoms with van der Waals surface area (Å²) in [7, 11) is 0. The molecule has 4 nitrogen and oxygen atoms in total. The van der Waals surface area contributed by atoms with Gasteiger partial charge in [-0.2, -0.15) is 0 Å². The molecule has 1 heterocycles. The highest BCUT2D eigenvalue weighted by Gasteiger charge is 2.21. The van der Waals surface area contributed by atoms with Crippen LogP contribution in [0.25, 0.3) is 10.9 Å².